The zero-order chi connectivity index (χ0) is 27.0. The van der Waals surface area contributed by atoms with E-state index in [1.807, 2.05) is 4.72 Å². The number of benzene rings is 3. The number of ether oxygens (including phenoxy) is 3. The Balaban J connectivity index is 1.60. The fraction of sp³-hybridized carbons (Fsp3) is 0.125. The van der Waals surface area contributed by atoms with E-state index in [1.54, 1.807) is 18.2 Å². The number of pyridine rings is 1. The average Bonchev–Trinajstić information content (AvgIpc) is 2.84. The third-order valence-corrected chi connectivity index (χ3v) is 7.51. The first kappa shape index (κ1) is 26.5. The van der Waals surface area contributed by atoms with Crippen molar-refractivity contribution in [2.75, 3.05) is 18.9 Å². The highest BCUT2D eigenvalue weighted by Gasteiger charge is 2.32. The molecule has 0 aliphatic carbocycles. The molecule has 13 heteroatoms. The minimum atomic E-state index is -4.66. The van der Waals surface area contributed by atoms with Gasteiger partial charge in [0, 0.05) is 28.2 Å². The van der Waals surface area contributed by atoms with Crippen molar-refractivity contribution < 1.29 is 40.2 Å². The van der Waals surface area contributed by atoms with Crippen LogP contribution in [-0.4, -0.2) is 27.6 Å². The standard InChI is InChI=1S/C24H17BrF4N2O5S/c1-34-21-11-15-19(12-22(21)35-2)30-8-7-20(15)36-14-4-5-18(17(26)10-14)31-37(32,33)23-6-3-13(9-16(23)25)24(27,28)29/h3-12,31H,1-2H3. The molecule has 4 rings (SSSR count). The van der Waals surface area contributed by atoms with Gasteiger partial charge in [0.05, 0.1) is 31.0 Å². The van der Waals surface area contributed by atoms with Crippen LogP contribution < -0.4 is 18.9 Å². The quantitative estimate of drug-likeness (QED) is 0.236. The van der Waals surface area contributed by atoms with Crippen LogP contribution in [0.25, 0.3) is 10.9 Å². The van der Waals surface area contributed by atoms with Gasteiger partial charge in [0.1, 0.15) is 16.4 Å². The van der Waals surface area contributed by atoms with E-state index >= 15 is 0 Å². The van der Waals surface area contributed by atoms with Crippen molar-refractivity contribution >= 4 is 42.5 Å². The first-order valence-corrected chi connectivity index (χ1v) is 12.6. The molecule has 7 nitrogen and oxygen atoms in total. The Morgan fingerprint density at radius 3 is 2.24 bits per heavy atom. The predicted molar refractivity (Wildman–Crippen MR) is 131 cm³/mol. The van der Waals surface area contributed by atoms with E-state index < -0.39 is 38.2 Å². The molecule has 0 bridgehead atoms. The number of alkyl halides is 3. The SMILES string of the molecule is COc1cc2nccc(Oc3ccc(NS(=O)(=O)c4ccc(C(F)(F)F)cc4Br)c(F)c3)c2cc1OC. The first-order chi connectivity index (χ1) is 17.4. The van der Waals surface area contributed by atoms with Crippen LogP contribution in [0.2, 0.25) is 0 Å². The van der Waals surface area contributed by atoms with Gasteiger partial charge in [-0.05, 0) is 58.4 Å². The molecular formula is C24H17BrF4N2O5S. The second-order valence-electron chi connectivity index (χ2n) is 7.53. The number of methoxy groups -OCH3 is 2. The smallest absolute Gasteiger partial charge is 0.416 e. The Morgan fingerprint density at radius 2 is 1.62 bits per heavy atom. The maximum Gasteiger partial charge on any atom is 0.416 e. The van der Waals surface area contributed by atoms with Crippen molar-refractivity contribution in [1.29, 1.82) is 0 Å². The minimum Gasteiger partial charge on any atom is -0.493 e. The molecule has 0 saturated carbocycles. The molecule has 0 radical (unpaired) electrons. The fourth-order valence-electron chi connectivity index (χ4n) is 3.40. The number of anilines is 1. The number of aromatic nitrogens is 1. The molecule has 4 aromatic rings. The van der Waals surface area contributed by atoms with E-state index in [4.69, 9.17) is 14.2 Å². The number of nitrogens with one attached hydrogen (secondary N) is 1. The molecule has 3 aromatic carbocycles. The third kappa shape index (κ3) is 5.57. The van der Waals surface area contributed by atoms with E-state index in [2.05, 4.69) is 20.9 Å². The van der Waals surface area contributed by atoms with Crippen molar-refractivity contribution in [3.8, 4) is 23.0 Å². The molecular weight excluding hydrogens is 584 g/mol. The van der Waals surface area contributed by atoms with E-state index in [0.29, 0.717) is 40.3 Å². The van der Waals surface area contributed by atoms with Crippen LogP contribution in [-0.2, 0) is 16.2 Å². The number of rotatable bonds is 7. The van der Waals surface area contributed by atoms with Gasteiger partial charge < -0.3 is 14.2 Å². The molecule has 0 fully saturated rings. The van der Waals surface area contributed by atoms with Gasteiger partial charge in [0.2, 0.25) is 0 Å². The molecule has 1 N–H and O–H groups in total. The maximum atomic E-state index is 14.8. The van der Waals surface area contributed by atoms with Crippen molar-refractivity contribution in [2.45, 2.75) is 11.1 Å². The Bertz CT molecular complexity index is 1600. The van der Waals surface area contributed by atoms with Crippen molar-refractivity contribution in [3.05, 3.63) is 76.6 Å². The van der Waals surface area contributed by atoms with E-state index in [-0.39, 0.29) is 10.2 Å². The lowest BCUT2D eigenvalue weighted by molar-refractivity contribution is -0.137. The molecule has 0 unspecified atom stereocenters. The molecule has 0 aliphatic heterocycles. The summed E-state index contributed by atoms with van der Waals surface area (Å²) in [5, 5.41) is 0.553. The highest BCUT2D eigenvalue weighted by molar-refractivity contribution is 9.10. The molecule has 0 amide bonds. The first-order valence-electron chi connectivity index (χ1n) is 10.3. The lowest BCUT2D eigenvalue weighted by Gasteiger charge is -2.14. The summed E-state index contributed by atoms with van der Waals surface area (Å²) < 4.78 is 97.0. The summed E-state index contributed by atoms with van der Waals surface area (Å²) in [6.45, 7) is 0. The number of halogens is 5. The second-order valence-corrected chi connectivity index (χ2v) is 10.0. The van der Waals surface area contributed by atoms with Gasteiger partial charge in [0.25, 0.3) is 10.0 Å². The van der Waals surface area contributed by atoms with Crippen LogP contribution in [0.4, 0.5) is 23.2 Å². The van der Waals surface area contributed by atoms with E-state index in [9.17, 15) is 26.0 Å². The second kappa shape index (κ2) is 10.1. The minimum absolute atomic E-state index is 0.0541. The fourth-order valence-corrected chi connectivity index (χ4v) is 5.55. The molecule has 0 atom stereocenters. The summed E-state index contributed by atoms with van der Waals surface area (Å²) in [6.07, 6.45) is -3.16. The molecule has 1 aromatic heterocycles. The van der Waals surface area contributed by atoms with Crippen LogP contribution in [0.15, 0.2) is 70.2 Å². The van der Waals surface area contributed by atoms with Gasteiger partial charge in [-0.25, -0.2) is 12.8 Å². The number of sulfonamides is 1. The number of fused-ring (bicyclic) bond motifs is 1. The van der Waals surface area contributed by atoms with Gasteiger partial charge in [-0.1, -0.05) is 0 Å². The zero-order valence-corrected chi connectivity index (χ0v) is 21.5. The lowest BCUT2D eigenvalue weighted by Crippen LogP contribution is -2.15. The topological polar surface area (TPSA) is 86.8 Å². The molecule has 0 aliphatic rings. The Labute approximate surface area is 217 Å². The highest BCUT2D eigenvalue weighted by Crippen LogP contribution is 2.38. The maximum absolute atomic E-state index is 14.8. The molecule has 0 spiro atoms. The Kier molecular flexibility index (Phi) is 7.20. The summed E-state index contributed by atoms with van der Waals surface area (Å²) >= 11 is 2.84. The zero-order valence-electron chi connectivity index (χ0n) is 19.1. The monoisotopic (exact) mass is 600 g/mol. The average molecular weight is 601 g/mol. The molecule has 194 valence electrons. The van der Waals surface area contributed by atoms with Crippen molar-refractivity contribution in [1.82, 2.24) is 4.98 Å². The van der Waals surface area contributed by atoms with Crippen LogP contribution in [0.5, 0.6) is 23.0 Å². The van der Waals surface area contributed by atoms with Crippen molar-refractivity contribution in [3.63, 3.8) is 0 Å². The van der Waals surface area contributed by atoms with Gasteiger partial charge in [-0.15, -0.1) is 0 Å². The molecule has 0 saturated heterocycles. The predicted octanol–water partition coefficient (Wildman–Crippen LogP) is 6.77. The van der Waals surface area contributed by atoms with Gasteiger partial charge in [-0.3, -0.25) is 9.71 Å². The van der Waals surface area contributed by atoms with Crippen LogP contribution in [0.3, 0.4) is 0 Å². The van der Waals surface area contributed by atoms with Crippen LogP contribution in [0, 0.1) is 5.82 Å². The molecule has 37 heavy (non-hydrogen) atoms. The van der Waals surface area contributed by atoms with Gasteiger partial charge >= 0.3 is 6.18 Å². The summed E-state index contributed by atoms with van der Waals surface area (Å²) in [4.78, 5) is 3.77. The normalized spacial score (nSPS) is 11.9. The summed E-state index contributed by atoms with van der Waals surface area (Å²) in [7, 11) is -1.47. The highest BCUT2D eigenvalue weighted by atomic mass is 79.9. The Hall–Kier alpha value is -3.58. The van der Waals surface area contributed by atoms with E-state index in [1.165, 1.54) is 26.5 Å². The third-order valence-electron chi connectivity index (χ3n) is 5.17. The largest absolute Gasteiger partial charge is 0.493 e. The number of hydrogen-bond donors (Lipinski definition) is 1. The summed E-state index contributed by atoms with van der Waals surface area (Å²) in [6, 6.07) is 10.3. The van der Waals surface area contributed by atoms with E-state index in [0.717, 1.165) is 18.2 Å². The van der Waals surface area contributed by atoms with Crippen LogP contribution >= 0.6 is 15.9 Å². The van der Waals surface area contributed by atoms with Gasteiger partial charge in [-0.2, -0.15) is 13.2 Å². The number of hydrogen-bond acceptors (Lipinski definition) is 6. The molecule has 1 heterocycles. The lowest BCUT2D eigenvalue weighted by atomic mass is 10.2. The Morgan fingerprint density at radius 1 is 0.919 bits per heavy atom. The van der Waals surface area contributed by atoms with Crippen molar-refractivity contribution in [2.24, 2.45) is 0 Å². The number of nitrogens with zero attached hydrogens (tertiary/aromatic N) is 1. The summed E-state index contributed by atoms with van der Waals surface area (Å²) in [5.41, 5.74) is -0.932. The van der Waals surface area contributed by atoms with Gasteiger partial charge in [0.15, 0.2) is 17.3 Å². The van der Waals surface area contributed by atoms with Crippen LogP contribution in [0.1, 0.15) is 5.56 Å². The summed E-state index contributed by atoms with van der Waals surface area (Å²) in [5.74, 6) is 0.299.